The highest BCUT2D eigenvalue weighted by Crippen LogP contribution is 2.49. The lowest BCUT2D eigenvalue weighted by Gasteiger charge is -2.46. The van der Waals surface area contributed by atoms with Crippen molar-refractivity contribution >= 4 is 0 Å². The lowest BCUT2D eigenvalue weighted by Crippen LogP contribution is -2.47. The molecule has 3 nitrogen and oxygen atoms in total. The molecule has 4 rings (SSSR count). The van der Waals surface area contributed by atoms with Crippen LogP contribution in [0.2, 0.25) is 0 Å². The van der Waals surface area contributed by atoms with Crippen molar-refractivity contribution in [1.29, 1.82) is 0 Å². The van der Waals surface area contributed by atoms with Gasteiger partial charge in [0.25, 0.3) is 0 Å². The largest absolute Gasteiger partial charge is 0.416 e. The van der Waals surface area contributed by atoms with Gasteiger partial charge in [0.2, 0.25) is 0 Å². The second-order valence-electron chi connectivity index (χ2n) is 8.79. The molecule has 1 spiro atoms. The molecule has 0 amide bonds. The van der Waals surface area contributed by atoms with Crippen molar-refractivity contribution in [3.05, 3.63) is 65.5 Å². The average Bonchev–Trinajstić information content (AvgIpc) is 3.19. The molecule has 1 aromatic heterocycles. The minimum Gasteiger partial charge on any atom is -0.375 e. The van der Waals surface area contributed by atoms with E-state index in [9.17, 15) is 13.2 Å². The number of nitrogens with zero attached hydrogens (tertiary/aromatic N) is 1. The van der Waals surface area contributed by atoms with E-state index in [1.54, 1.807) is 6.07 Å². The molecule has 2 aromatic rings. The first-order valence-electron chi connectivity index (χ1n) is 10.8. The molecule has 1 atom stereocenters. The zero-order valence-electron chi connectivity index (χ0n) is 17.2. The number of aromatic nitrogens is 1. The number of nitrogens with one attached hydrogen (secondary N) is 1. The Morgan fingerprint density at radius 1 is 1.03 bits per heavy atom. The SMILES string of the molecule is FC(F)(F)c1cccc(CNCC[C@@]2(c3ccccn3)CCOC3(CCCC3)C2)c1. The highest BCUT2D eigenvalue weighted by molar-refractivity contribution is 5.25. The molecule has 1 aliphatic carbocycles. The fourth-order valence-corrected chi connectivity index (χ4v) is 5.21. The van der Waals surface area contributed by atoms with Gasteiger partial charge >= 0.3 is 6.18 Å². The maximum Gasteiger partial charge on any atom is 0.416 e. The van der Waals surface area contributed by atoms with Gasteiger partial charge in [-0.2, -0.15) is 13.2 Å². The smallest absolute Gasteiger partial charge is 0.375 e. The number of pyridine rings is 1. The first-order chi connectivity index (χ1) is 14.4. The van der Waals surface area contributed by atoms with E-state index in [0.29, 0.717) is 12.1 Å². The average molecular weight is 419 g/mol. The van der Waals surface area contributed by atoms with Gasteiger partial charge in [-0.05, 0) is 62.4 Å². The van der Waals surface area contributed by atoms with Gasteiger partial charge in [0.05, 0.1) is 11.2 Å². The van der Waals surface area contributed by atoms with E-state index in [2.05, 4.69) is 11.4 Å². The summed E-state index contributed by atoms with van der Waals surface area (Å²) in [6.07, 6.45) is 4.99. The van der Waals surface area contributed by atoms with Crippen molar-refractivity contribution in [2.75, 3.05) is 13.2 Å². The Morgan fingerprint density at radius 3 is 2.60 bits per heavy atom. The number of halogens is 3. The zero-order chi connectivity index (χ0) is 21.1. The van der Waals surface area contributed by atoms with Gasteiger partial charge in [0.1, 0.15) is 0 Å². The Labute approximate surface area is 176 Å². The molecule has 1 N–H and O–H groups in total. The third kappa shape index (κ3) is 4.70. The molecule has 0 radical (unpaired) electrons. The van der Waals surface area contributed by atoms with Crippen LogP contribution in [0.1, 0.15) is 61.8 Å². The summed E-state index contributed by atoms with van der Waals surface area (Å²) in [5.41, 5.74) is 1.08. The van der Waals surface area contributed by atoms with Crippen LogP contribution in [-0.2, 0) is 22.9 Å². The van der Waals surface area contributed by atoms with E-state index in [4.69, 9.17) is 9.72 Å². The minimum absolute atomic E-state index is 0.0309. The van der Waals surface area contributed by atoms with Gasteiger partial charge in [-0.1, -0.05) is 37.1 Å². The number of rotatable bonds is 6. The first kappa shape index (κ1) is 21.3. The summed E-state index contributed by atoms with van der Waals surface area (Å²) >= 11 is 0. The van der Waals surface area contributed by atoms with Crippen molar-refractivity contribution in [3.63, 3.8) is 0 Å². The summed E-state index contributed by atoms with van der Waals surface area (Å²) in [5.74, 6) is 0. The van der Waals surface area contributed by atoms with Crippen LogP contribution in [0.3, 0.4) is 0 Å². The molecule has 162 valence electrons. The van der Waals surface area contributed by atoms with E-state index in [-0.39, 0.29) is 11.0 Å². The maximum atomic E-state index is 12.9. The second kappa shape index (κ2) is 8.67. The zero-order valence-corrected chi connectivity index (χ0v) is 17.2. The highest BCUT2D eigenvalue weighted by Gasteiger charge is 2.48. The maximum absolute atomic E-state index is 12.9. The summed E-state index contributed by atoms with van der Waals surface area (Å²) < 4.78 is 45.1. The Hall–Kier alpha value is -1.92. The normalized spacial score (nSPS) is 23.7. The molecular weight excluding hydrogens is 389 g/mol. The van der Waals surface area contributed by atoms with E-state index in [1.165, 1.54) is 25.0 Å². The summed E-state index contributed by atoms with van der Waals surface area (Å²) in [6, 6.07) is 11.6. The van der Waals surface area contributed by atoms with Crippen molar-refractivity contribution in [2.24, 2.45) is 0 Å². The Morgan fingerprint density at radius 2 is 1.87 bits per heavy atom. The predicted molar refractivity (Wildman–Crippen MR) is 110 cm³/mol. The molecule has 1 aromatic carbocycles. The van der Waals surface area contributed by atoms with Gasteiger partial charge in [-0.15, -0.1) is 0 Å². The number of benzene rings is 1. The molecule has 2 fully saturated rings. The van der Waals surface area contributed by atoms with E-state index in [1.807, 2.05) is 18.3 Å². The molecule has 1 saturated carbocycles. The monoisotopic (exact) mass is 418 g/mol. The van der Waals surface area contributed by atoms with Crippen molar-refractivity contribution in [3.8, 4) is 0 Å². The van der Waals surface area contributed by atoms with Gasteiger partial charge in [-0.3, -0.25) is 4.98 Å². The van der Waals surface area contributed by atoms with Crippen molar-refractivity contribution in [1.82, 2.24) is 10.3 Å². The fraction of sp³-hybridized carbons (Fsp3) is 0.542. The van der Waals surface area contributed by atoms with Gasteiger partial charge < -0.3 is 10.1 Å². The Balaban J connectivity index is 1.43. The molecule has 6 heteroatoms. The highest BCUT2D eigenvalue weighted by atomic mass is 19.4. The Kier molecular flexibility index (Phi) is 6.16. The van der Waals surface area contributed by atoms with E-state index >= 15 is 0 Å². The topological polar surface area (TPSA) is 34.2 Å². The van der Waals surface area contributed by atoms with Crippen LogP contribution < -0.4 is 5.32 Å². The summed E-state index contributed by atoms with van der Waals surface area (Å²) in [6.45, 7) is 1.89. The van der Waals surface area contributed by atoms with Crippen LogP contribution >= 0.6 is 0 Å². The first-order valence-corrected chi connectivity index (χ1v) is 10.8. The summed E-state index contributed by atoms with van der Waals surface area (Å²) in [5, 5.41) is 3.37. The molecule has 0 bridgehead atoms. The van der Waals surface area contributed by atoms with Gasteiger partial charge in [0, 0.05) is 30.5 Å². The van der Waals surface area contributed by atoms with Crippen molar-refractivity contribution < 1.29 is 17.9 Å². The molecule has 1 saturated heterocycles. The van der Waals surface area contributed by atoms with Crippen LogP contribution in [0.5, 0.6) is 0 Å². The van der Waals surface area contributed by atoms with Gasteiger partial charge in [0.15, 0.2) is 0 Å². The summed E-state index contributed by atoms with van der Waals surface area (Å²) in [4.78, 5) is 4.70. The number of hydrogen-bond donors (Lipinski definition) is 1. The van der Waals surface area contributed by atoms with Gasteiger partial charge in [-0.25, -0.2) is 0 Å². The number of alkyl halides is 3. The molecular formula is C24H29F3N2O. The molecule has 0 unspecified atom stereocenters. The van der Waals surface area contributed by atoms with Crippen molar-refractivity contribution in [2.45, 2.75) is 68.7 Å². The predicted octanol–water partition coefficient (Wildman–Crippen LogP) is 5.64. The third-order valence-electron chi connectivity index (χ3n) is 6.74. The number of hydrogen-bond acceptors (Lipinski definition) is 3. The molecule has 1 aliphatic heterocycles. The summed E-state index contributed by atoms with van der Waals surface area (Å²) in [7, 11) is 0. The minimum atomic E-state index is -4.31. The van der Waals surface area contributed by atoms with Crippen LogP contribution in [0.4, 0.5) is 13.2 Å². The Bertz CT molecular complexity index is 834. The third-order valence-corrected chi connectivity index (χ3v) is 6.74. The lowest BCUT2D eigenvalue weighted by molar-refractivity contribution is -0.137. The van der Waals surface area contributed by atoms with E-state index < -0.39 is 11.7 Å². The molecule has 2 heterocycles. The standard InChI is InChI=1S/C24H29F3N2O/c25-24(26,27)20-7-5-6-19(16-20)17-28-14-11-22(21-8-1-4-13-29-21)12-15-30-23(18-22)9-2-3-10-23/h1,4-8,13,16,28H,2-3,9-12,14-15,17-18H2/t22-/m1/s1. The van der Waals surface area contributed by atoms with E-state index in [0.717, 1.165) is 57.0 Å². The van der Waals surface area contributed by atoms with Crippen LogP contribution in [0.15, 0.2) is 48.7 Å². The van der Waals surface area contributed by atoms with Crippen LogP contribution in [0.25, 0.3) is 0 Å². The lowest BCUT2D eigenvalue weighted by atomic mass is 9.68. The molecule has 30 heavy (non-hydrogen) atoms. The van der Waals surface area contributed by atoms with Crippen LogP contribution in [0, 0.1) is 0 Å². The fourth-order valence-electron chi connectivity index (χ4n) is 5.21. The van der Waals surface area contributed by atoms with Crippen LogP contribution in [-0.4, -0.2) is 23.7 Å². The second-order valence-corrected chi connectivity index (χ2v) is 8.79. The quantitative estimate of drug-likeness (QED) is 0.617. The number of ether oxygens (including phenoxy) is 1. The molecule has 2 aliphatic rings.